The van der Waals surface area contributed by atoms with Crippen molar-refractivity contribution >= 4 is 45.5 Å². The first-order valence-electron chi connectivity index (χ1n) is 12.8. The first-order valence-corrected chi connectivity index (χ1v) is 15.2. The molecule has 1 aliphatic rings. The number of anilines is 1. The van der Waals surface area contributed by atoms with Crippen LogP contribution in [0.5, 0.6) is 0 Å². The fourth-order valence-corrected chi connectivity index (χ4v) is 6.74. The molecule has 1 aromatic rings. The summed E-state index contributed by atoms with van der Waals surface area (Å²) >= 11 is 0. The molecule has 198 valence electrons. The molecule has 0 bridgehead atoms. The average Bonchev–Trinajstić information content (AvgIpc) is 3.42. The van der Waals surface area contributed by atoms with Crippen molar-refractivity contribution in [3.05, 3.63) is 60.2 Å². The normalized spacial score (nSPS) is 16.2. The number of hydrogen-bond acceptors (Lipinski definition) is 7. The number of rotatable bonds is 18. The number of aliphatic hydroxyl groups is 2. The lowest BCUT2D eigenvalue weighted by molar-refractivity contribution is -0.121. The third-order valence-corrected chi connectivity index (χ3v) is 8.77. The van der Waals surface area contributed by atoms with Crippen LogP contribution in [0.4, 0.5) is 5.69 Å². The van der Waals surface area contributed by atoms with Gasteiger partial charge in [0.1, 0.15) is 0 Å². The highest BCUT2D eigenvalue weighted by molar-refractivity contribution is 8.77. The highest BCUT2D eigenvalue weighted by Gasteiger charge is 2.15. The van der Waals surface area contributed by atoms with Crippen molar-refractivity contribution < 1.29 is 15.0 Å². The molecular weight excluding hydrogens is 490 g/mol. The molecule has 0 aromatic heterocycles. The van der Waals surface area contributed by atoms with E-state index in [4.69, 9.17) is 0 Å². The lowest BCUT2D eigenvalue weighted by Crippen LogP contribution is -2.29. The molecule has 0 aliphatic carbocycles. The number of unbranched alkanes of at least 4 members (excludes halogenated alkanes) is 1. The van der Waals surface area contributed by atoms with Crippen LogP contribution in [-0.4, -0.2) is 72.7 Å². The molecular formula is C28H41N3O3S2. The Balaban J connectivity index is 1.63. The van der Waals surface area contributed by atoms with Gasteiger partial charge in [-0.1, -0.05) is 64.9 Å². The number of hydrogen-bond donors (Lipinski definition) is 3. The maximum Gasteiger partial charge on any atom is 0.219 e. The second-order valence-electron chi connectivity index (χ2n) is 8.56. The smallest absolute Gasteiger partial charge is 0.219 e. The Morgan fingerprint density at radius 3 is 2.61 bits per heavy atom. The molecule has 36 heavy (non-hydrogen) atoms. The monoisotopic (exact) mass is 531 g/mol. The average molecular weight is 532 g/mol. The van der Waals surface area contributed by atoms with E-state index in [9.17, 15) is 15.0 Å². The Bertz CT molecular complexity index is 844. The van der Waals surface area contributed by atoms with E-state index < -0.39 is 0 Å². The number of amides is 1. The van der Waals surface area contributed by atoms with E-state index in [0.29, 0.717) is 32.6 Å². The largest absolute Gasteiger partial charge is 0.395 e. The van der Waals surface area contributed by atoms with Crippen LogP contribution >= 0.6 is 21.6 Å². The molecule has 1 saturated heterocycles. The first-order chi connectivity index (χ1) is 17.7. The SMILES string of the molecule is C=CC(/C=C/c1ccc(N(CCO)CCO)cc1)=C\C=NCCCNC(=O)CCCCC1CCSS1. The Hall–Kier alpha value is -2.00. The molecule has 0 saturated carbocycles. The highest BCUT2D eigenvalue weighted by atomic mass is 33.1. The summed E-state index contributed by atoms with van der Waals surface area (Å²) in [6.45, 7) is 6.27. The second kappa shape index (κ2) is 19.2. The Labute approximate surface area is 224 Å². The lowest BCUT2D eigenvalue weighted by Gasteiger charge is -2.22. The topological polar surface area (TPSA) is 85.2 Å². The van der Waals surface area contributed by atoms with Gasteiger partial charge in [-0.05, 0) is 55.0 Å². The van der Waals surface area contributed by atoms with Gasteiger partial charge in [-0.25, -0.2) is 0 Å². The van der Waals surface area contributed by atoms with Crippen molar-refractivity contribution in [2.45, 2.75) is 43.8 Å². The number of carbonyl (C=O) groups excluding carboxylic acids is 1. The van der Waals surface area contributed by atoms with Gasteiger partial charge in [0.25, 0.3) is 0 Å². The summed E-state index contributed by atoms with van der Waals surface area (Å²) < 4.78 is 0. The molecule has 6 nitrogen and oxygen atoms in total. The van der Waals surface area contributed by atoms with E-state index in [0.717, 1.165) is 41.3 Å². The van der Waals surface area contributed by atoms with E-state index in [2.05, 4.69) is 16.9 Å². The van der Waals surface area contributed by atoms with Crippen LogP contribution in [0.3, 0.4) is 0 Å². The molecule has 3 N–H and O–H groups in total. The van der Waals surface area contributed by atoms with Gasteiger partial charge in [0.15, 0.2) is 0 Å². The molecule has 1 unspecified atom stereocenters. The van der Waals surface area contributed by atoms with Crippen molar-refractivity contribution in [2.75, 3.05) is 50.0 Å². The number of nitrogens with one attached hydrogen (secondary N) is 1. The van der Waals surface area contributed by atoms with E-state index in [1.807, 2.05) is 69.0 Å². The van der Waals surface area contributed by atoms with Crippen molar-refractivity contribution in [2.24, 2.45) is 4.99 Å². The number of nitrogens with zero attached hydrogens (tertiary/aromatic N) is 2. The maximum absolute atomic E-state index is 11.9. The van der Waals surface area contributed by atoms with Crippen LogP contribution in [0.25, 0.3) is 6.08 Å². The van der Waals surface area contributed by atoms with Crippen LogP contribution in [0, 0.1) is 0 Å². The van der Waals surface area contributed by atoms with Gasteiger partial charge in [0.05, 0.1) is 13.2 Å². The fraction of sp³-hybridized carbons (Fsp3) is 0.500. The predicted molar refractivity (Wildman–Crippen MR) is 158 cm³/mol. The van der Waals surface area contributed by atoms with Gasteiger partial charge in [-0.3, -0.25) is 9.79 Å². The number of carbonyl (C=O) groups is 1. The first kappa shape index (κ1) is 30.2. The van der Waals surface area contributed by atoms with E-state index in [1.54, 1.807) is 12.3 Å². The molecule has 8 heteroatoms. The molecule has 1 atom stereocenters. The summed E-state index contributed by atoms with van der Waals surface area (Å²) in [6.07, 6.45) is 15.6. The van der Waals surface area contributed by atoms with Gasteiger partial charge in [-0.2, -0.15) is 0 Å². The van der Waals surface area contributed by atoms with E-state index >= 15 is 0 Å². The minimum atomic E-state index is 0.0462. The summed E-state index contributed by atoms with van der Waals surface area (Å²) in [7, 11) is 3.98. The van der Waals surface area contributed by atoms with Gasteiger partial charge in [-0.15, -0.1) is 0 Å². The highest BCUT2D eigenvalue weighted by Crippen LogP contribution is 2.39. The van der Waals surface area contributed by atoms with Crippen LogP contribution in [0.2, 0.25) is 0 Å². The van der Waals surface area contributed by atoms with Crippen LogP contribution < -0.4 is 10.2 Å². The van der Waals surface area contributed by atoms with Crippen LogP contribution in [-0.2, 0) is 4.79 Å². The third kappa shape index (κ3) is 12.8. The zero-order valence-electron chi connectivity index (χ0n) is 21.2. The van der Waals surface area contributed by atoms with Gasteiger partial charge >= 0.3 is 0 Å². The summed E-state index contributed by atoms with van der Waals surface area (Å²) in [5.41, 5.74) is 2.97. The van der Waals surface area contributed by atoms with Gasteiger partial charge in [0, 0.05) is 55.5 Å². The predicted octanol–water partition coefficient (Wildman–Crippen LogP) is 4.89. The Morgan fingerprint density at radius 2 is 1.94 bits per heavy atom. The summed E-state index contributed by atoms with van der Waals surface area (Å²) in [5, 5.41) is 22.2. The Morgan fingerprint density at radius 1 is 1.17 bits per heavy atom. The van der Waals surface area contributed by atoms with Crippen molar-refractivity contribution in [3.63, 3.8) is 0 Å². The molecule has 1 aromatic carbocycles. The standard InChI is InChI=1S/C28H41N3O3S2/c1-2-24(8-9-25-10-12-26(13-11-25)31(19-21-32)20-22-33)14-18-29-16-5-17-30-28(34)7-4-3-6-27-15-23-35-36-27/h2,8-14,18,27,32-33H,1,3-7,15-17,19-23H2,(H,30,34)/b9-8+,24-14+,29-18?. The summed E-state index contributed by atoms with van der Waals surface area (Å²) in [4.78, 5) is 18.3. The quantitative estimate of drug-likeness (QED) is 0.108. The maximum atomic E-state index is 11.9. The van der Waals surface area contributed by atoms with Crippen LogP contribution in [0.15, 0.2) is 59.6 Å². The van der Waals surface area contributed by atoms with Gasteiger partial charge < -0.3 is 20.4 Å². The van der Waals surface area contributed by atoms with Crippen LogP contribution in [0.1, 0.15) is 44.1 Å². The number of benzene rings is 1. The molecule has 1 heterocycles. The molecule has 0 radical (unpaired) electrons. The summed E-state index contributed by atoms with van der Waals surface area (Å²) in [6, 6.07) is 7.98. The number of allylic oxidation sites excluding steroid dienone is 4. The van der Waals surface area contributed by atoms with Gasteiger partial charge in [0.2, 0.25) is 5.91 Å². The zero-order chi connectivity index (χ0) is 25.8. The lowest BCUT2D eigenvalue weighted by atomic mass is 10.1. The number of aliphatic hydroxyl groups excluding tert-OH is 2. The summed E-state index contributed by atoms with van der Waals surface area (Å²) in [5.74, 6) is 1.42. The third-order valence-electron chi connectivity index (χ3n) is 5.77. The zero-order valence-corrected chi connectivity index (χ0v) is 22.8. The number of aliphatic imine (C=N–C) groups is 1. The molecule has 1 fully saturated rings. The minimum absolute atomic E-state index is 0.0462. The molecule has 2 rings (SSSR count). The van der Waals surface area contributed by atoms with Crippen molar-refractivity contribution in [1.82, 2.24) is 5.32 Å². The van der Waals surface area contributed by atoms with E-state index in [-0.39, 0.29) is 19.1 Å². The minimum Gasteiger partial charge on any atom is -0.395 e. The molecule has 0 spiro atoms. The fourth-order valence-electron chi connectivity index (χ4n) is 3.71. The molecule has 1 amide bonds. The van der Waals surface area contributed by atoms with E-state index in [1.165, 1.54) is 18.6 Å². The van der Waals surface area contributed by atoms with Crippen molar-refractivity contribution in [3.8, 4) is 0 Å². The second-order valence-corrected chi connectivity index (χ2v) is 11.4. The van der Waals surface area contributed by atoms with Crippen molar-refractivity contribution in [1.29, 1.82) is 0 Å². The molecule has 1 aliphatic heterocycles. The Kier molecular flexibility index (Phi) is 16.1.